The molecule has 0 unspecified atom stereocenters. The number of nitriles is 1. The van der Waals surface area contributed by atoms with Crippen molar-refractivity contribution in [2.75, 3.05) is 18.2 Å². The summed E-state index contributed by atoms with van der Waals surface area (Å²) in [4.78, 5) is 35.3. The molecule has 0 atom stereocenters. The number of methoxy groups -OCH3 is 1. The number of thioether (sulfide) groups is 1. The second-order valence-electron chi connectivity index (χ2n) is 10.0. The summed E-state index contributed by atoms with van der Waals surface area (Å²) in [5.74, 6) is 0.470. The van der Waals surface area contributed by atoms with Crippen molar-refractivity contribution in [3.05, 3.63) is 70.4 Å². The molecule has 0 bridgehead atoms. The Morgan fingerprint density at radius 1 is 1.10 bits per heavy atom. The number of ketones is 1. The van der Waals surface area contributed by atoms with E-state index in [9.17, 15) is 14.9 Å². The van der Waals surface area contributed by atoms with Gasteiger partial charge in [0.25, 0.3) is 0 Å². The molecule has 0 fully saturated rings. The van der Waals surface area contributed by atoms with Gasteiger partial charge in [-0.1, -0.05) is 61.5 Å². The fraction of sp³-hybridized carbons (Fsp3) is 0.241. The third-order valence-electron chi connectivity index (χ3n) is 6.40. The van der Waals surface area contributed by atoms with Crippen molar-refractivity contribution < 1.29 is 14.3 Å². The maximum Gasteiger partial charge on any atom is 0.241 e. The lowest BCUT2D eigenvalue weighted by Crippen LogP contribution is -2.29. The molecule has 1 N–H and O–H groups in total. The normalized spacial score (nSPS) is 13.8. The van der Waals surface area contributed by atoms with Crippen LogP contribution in [0.5, 0.6) is 5.75 Å². The number of nitrogens with zero attached hydrogens (tertiary/aromatic N) is 4. The summed E-state index contributed by atoms with van der Waals surface area (Å²) in [6.45, 7) is 4.06. The number of carbonyl (C=O) groups is 2. The third-order valence-corrected chi connectivity index (χ3v) is 8.39. The van der Waals surface area contributed by atoms with Crippen molar-refractivity contribution in [2.24, 2.45) is 5.41 Å². The Morgan fingerprint density at radius 3 is 2.48 bits per heavy atom. The molecule has 2 aromatic heterocycles. The number of hydrogen-bond acceptors (Lipinski definition) is 9. The van der Waals surface area contributed by atoms with E-state index in [1.165, 1.54) is 11.5 Å². The number of hydrogen-bond donors (Lipinski definition) is 1. The second kappa shape index (κ2) is 11.4. The predicted molar refractivity (Wildman–Crippen MR) is 157 cm³/mol. The van der Waals surface area contributed by atoms with E-state index < -0.39 is 0 Å². The molecule has 202 valence electrons. The van der Waals surface area contributed by atoms with Crippen LogP contribution in [0, 0.1) is 16.7 Å². The molecule has 2 heterocycles. The maximum atomic E-state index is 13.3. The number of pyridine rings is 1. The second-order valence-corrected chi connectivity index (χ2v) is 12.2. The molecule has 1 aliphatic rings. The number of aromatic nitrogens is 3. The summed E-state index contributed by atoms with van der Waals surface area (Å²) in [6, 6.07) is 16.7. The van der Waals surface area contributed by atoms with E-state index in [1.807, 2.05) is 38.1 Å². The molecule has 2 aromatic carbocycles. The average Bonchev–Trinajstić information content (AvgIpc) is 3.39. The van der Waals surface area contributed by atoms with Gasteiger partial charge in [-0.15, -0.1) is 0 Å². The van der Waals surface area contributed by atoms with E-state index in [-0.39, 0.29) is 34.4 Å². The first kappa shape index (κ1) is 27.8. The highest BCUT2D eigenvalue weighted by molar-refractivity contribution is 8.00. The molecular weight excluding hydrogens is 566 g/mol. The molecule has 8 nitrogen and oxygen atoms in total. The molecule has 1 aliphatic carbocycles. The Bertz CT molecular complexity index is 1640. The minimum atomic E-state index is -0.337. The minimum Gasteiger partial charge on any atom is -0.497 e. The Morgan fingerprint density at radius 2 is 1.80 bits per heavy atom. The first-order valence-corrected chi connectivity index (χ1v) is 14.5. The Kier molecular flexibility index (Phi) is 7.90. The fourth-order valence-corrected chi connectivity index (χ4v) is 6.17. The summed E-state index contributed by atoms with van der Waals surface area (Å²) in [5, 5.41) is 14.6. The summed E-state index contributed by atoms with van der Waals surface area (Å²) >= 11 is 8.27. The van der Waals surface area contributed by atoms with Crippen LogP contribution in [0.1, 0.15) is 41.9 Å². The molecule has 40 heavy (non-hydrogen) atoms. The number of Topliss-reactive ketones (excluding diaryl/α,β-unsaturated/α-hetero) is 1. The highest BCUT2D eigenvalue weighted by atomic mass is 35.5. The monoisotopic (exact) mass is 589 g/mol. The third kappa shape index (κ3) is 5.87. The van der Waals surface area contributed by atoms with Crippen molar-refractivity contribution in [3.8, 4) is 33.5 Å². The fourth-order valence-electron chi connectivity index (χ4n) is 4.61. The van der Waals surface area contributed by atoms with E-state index >= 15 is 0 Å². The van der Waals surface area contributed by atoms with Gasteiger partial charge < -0.3 is 4.74 Å². The number of fused-ring (bicyclic) bond motifs is 1. The van der Waals surface area contributed by atoms with Crippen molar-refractivity contribution in [1.82, 2.24) is 14.3 Å². The molecule has 5 rings (SSSR count). The lowest BCUT2D eigenvalue weighted by atomic mass is 9.73. The van der Waals surface area contributed by atoms with Crippen LogP contribution in [0.25, 0.3) is 21.7 Å². The van der Waals surface area contributed by atoms with Crippen molar-refractivity contribution in [3.63, 3.8) is 0 Å². The molecular formula is C29H24ClN5O3S2. The van der Waals surface area contributed by atoms with Crippen LogP contribution in [0.3, 0.4) is 0 Å². The van der Waals surface area contributed by atoms with E-state index in [2.05, 4.69) is 20.7 Å². The number of amides is 1. The van der Waals surface area contributed by atoms with Crippen LogP contribution in [-0.2, 0) is 11.2 Å². The number of halogens is 1. The quantitative estimate of drug-likeness (QED) is 0.237. The number of carbonyl (C=O) groups excluding carboxylic acids is 2. The van der Waals surface area contributed by atoms with Crippen LogP contribution in [0.4, 0.5) is 5.95 Å². The minimum absolute atomic E-state index is 0.0185. The van der Waals surface area contributed by atoms with Crippen LogP contribution in [-0.4, -0.2) is 38.9 Å². The standard InChI is InChI=1S/C29H24ClN5O3S2/c1-29(2)12-21-25(22(36)13-29)24(16-6-10-19(38-3)11-7-16)20(14-31)27(32-21)39-15-23(37)33-28-34-26(40-35-28)17-4-8-18(30)9-5-17/h4-11H,12-13,15H2,1-3H3,(H,33,35,37). The van der Waals surface area contributed by atoms with Crippen molar-refractivity contribution in [1.29, 1.82) is 5.26 Å². The van der Waals surface area contributed by atoms with Gasteiger partial charge in [-0.05, 0) is 53.2 Å². The zero-order chi connectivity index (χ0) is 28.4. The molecule has 0 saturated carbocycles. The summed E-state index contributed by atoms with van der Waals surface area (Å²) in [5.41, 5.74) is 3.24. The molecule has 11 heteroatoms. The molecule has 4 aromatic rings. The SMILES string of the molecule is COc1ccc(-c2c(C#N)c(SCC(=O)Nc3nsc(-c4ccc(Cl)cc4)n3)nc3c2C(=O)CC(C)(C)C3)cc1. The summed E-state index contributed by atoms with van der Waals surface area (Å²) in [6.07, 6.45) is 0.947. The lowest BCUT2D eigenvalue weighted by Gasteiger charge is -2.31. The topological polar surface area (TPSA) is 118 Å². The average molecular weight is 590 g/mol. The van der Waals surface area contributed by atoms with Gasteiger partial charge in [0.2, 0.25) is 11.9 Å². The Labute approximate surface area is 244 Å². The van der Waals surface area contributed by atoms with Crippen molar-refractivity contribution >= 4 is 52.5 Å². The summed E-state index contributed by atoms with van der Waals surface area (Å²) in [7, 11) is 1.58. The van der Waals surface area contributed by atoms with Gasteiger partial charge in [0.05, 0.1) is 24.1 Å². The highest BCUT2D eigenvalue weighted by Crippen LogP contribution is 2.42. The predicted octanol–water partition coefficient (Wildman–Crippen LogP) is 6.69. The smallest absolute Gasteiger partial charge is 0.241 e. The first-order chi connectivity index (χ1) is 19.2. The van der Waals surface area contributed by atoms with Crippen LogP contribution >= 0.6 is 34.9 Å². The molecule has 0 spiro atoms. The molecule has 0 aliphatic heterocycles. The van der Waals surface area contributed by atoms with Gasteiger partial charge >= 0.3 is 0 Å². The van der Waals surface area contributed by atoms with Gasteiger partial charge in [-0.2, -0.15) is 14.6 Å². The van der Waals surface area contributed by atoms with Crippen LogP contribution < -0.4 is 10.1 Å². The van der Waals surface area contributed by atoms with Gasteiger partial charge in [-0.25, -0.2) is 4.98 Å². The highest BCUT2D eigenvalue weighted by Gasteiger charge is 2.36. The van der Waals surface area contributed by atoms with Gasteiger partial charge in [0.1, 0.15) is 21.9 Å². The number of nitrogens with one attached hydrogen (secondary N) is 1. The largest absolute Gasteiger partial charge is 0.497 e. The maximum absolute atomic E-state index is 13.3. The van der Waals surface area contributed by atoms with Gasteiger partial charge in [0, 0.05) is 28.1 Å². The zero-order valence-electron chi connectivity index (χ0n) is 21.9. The number of ether oxygens (including phenoxy) is 1. The van der Waals surface area contributed by atoms with Gasteiger partial charge in [-0.3, -0.25) is 14.9 Å². The lowest BCUT2D eigenvalue weighted by molar-refractivity contribution is -0.113. The van der Waals surface area contributed by atoms with E-state index in [0.717, 1.165) is 22.9 Å². The molecule has 0 saturated heterocycles. The zero-order valence-corrected chi connectivity index (χ0v) is 24.3. The van der Waals surface area contributed by atoms with Crippen LogP contribution in [0.15, 0.2) is 53.6 Å². The number of anilines is 1. The number of benzene rings is 2. The van der Waals surface area contributed by atoms with Crippen molar-refractivity contribution in [2.45, 2.75) is 31.7 Å². The van der Waals surface area contributed by atoms with E-state index in [1.54, 1.807) is 31.4 Å². The Balaban J connectivity index is 1.42. The van der Waals surface area contributed by atoms with Gasteiger partial charge in [0.15, 0.2) is 5.78 Å². The molecule has 1 amide bonds. The van der Waals surface area contributed by atoms with E-state index in [0.29, 0.717) is 50.5 Å². The summed E-state index contributed by atoms with van der Waals surface area (Å²) < 4.78 is 9.52. The van der Waals surface area contributed by atoms with Crippen LogP contribution in [0.2, 0.25) is 5.02 Å². The molecule has 0 radical (unpaired) electrons. The van der Waals surface area contributed by atoms with E-state index in [4.69, 9.17) is 21.3 Å². The number of rotatable bonds is 7. The Hall–Kier alpha value is -3.78. The first-order valence-electron chi connectivity index (χ1n) is 12.3.